The molecule has 16 heavy (non-hydrogen) atoms. The van der Waals surface area contributed by atoms with Gasteiger partial charge in [-0.15, -0.1) is 0 Å². The lowest BCUT2D eigenvalue weighted by Crippen LogP contribution is -2.25. The fourth-order valence-corrected chi connectivity index (χ4v) is 1.62. The van der Waals surface area contributed by atoms with Crippen LogP contribution >= 0.6 is 0 Å². The van der Waals surface area contributed by atoms with Crippen LogP contribution in [0.5, 0.6) is 0 Å². The van der Waals surface area contributed by atoms with E-state index in [0.29, 0.717) is 12.5 Å². The number of rotatable bonds is 10. The molecule has 3 nitrogen and oxygen atoms in total. The third kappa shape index (κ3) is 7.67. The van der Waals surface area contributed by atoms with E-state index in [1.165, 1.54) is 25.7 Å². The Morgan fingerprint density at radius 1 is 1.31 bits per heavy atom. The third-order valence-electron chi connectivity index (χ3n) is 2.95. The number of unbranched alkanes of at least 4 members (excludes halogenated alkanes) is 1. The first-order chi connectivity index (χ1) is 7.78. The lowest BCUT2D eigenvalue weighted by Gasteiger charge is -2.15. The Morgan fingerprint density at radius 3 is 2.56 bits per heavy atom. The molecular weight excluding hydrogens is 200 g/mol. The smallest absolute Gasteiger partial charge is 0.0972 e. The number of nitriles is 1. The summed E-state index contributed by atoms with van der Waals surface area (Å²) in [6.45, 7) is 5.97. The lowest BCUT2D eigenvalue weighted by molar-refractivity contribution is 0.0897. The van der Waals surface area contributed by atoms with Crippen molar-refractivity contribution in [1.29, 1.82) is 5.26 Å². The van der Waals surface area contributed by atoms with Gasteiger partial charge in [0, 0.05) is 13.2 Å². The second kappa shape index (κ2) is 10.9. The van der Waals surface area contributed by atoms with E-state index in [0.717, 1.165) is 13.0 Å². The molecule has 2 unspecified atom stereocenters. The maximum atomic E-state index is 8.73. The van der Waals surface area contributed by atoms with Gasteiger partial charge < -0.3 is 10.1 Å². The second-order valence-corrected chi connectivity index (χ2v) is 4.25. The van der Waals surface area contributed by atoms with Gasteiger partial charge in [0.2, 0.25) is 0 Å². The molecule has 0 aromatic carbocycles. The van der Waals surface area contributed by atoms with Gasteiger partial charge in [-0.05, 0) is 25.8 Å². The zero-order valence-corrected chi connectivity index (χ0v) is 11.0. The summed E-state index contributed by atoms with van der Waals surface area (Å²) in [6, 6.07) is 2.12. The van der Waals surface area contributed by atoms with E-state index >= 15 is 0 Å². The maximum absolute atomic E-state index is 8.73. The second-order valence-electron chi connectivity index (χ2n) is 4.25. The highest BCUT2D eigenvalue weighted by Crippen LogP contribution is 2.12. The van der Waals surface area contributed by atoms with Crippen molar-refractivity contribution in [2.75, 3.05) is 20.3 Å². The molecule has 0 rings (SSSR count). The van der Waals surface area contributed by atoms with Crippen molar-refractivity contribution in [2.24, 2.45) is 5.92 Å². The minimum absolute atomic E-state index is 0.0734. The highest BCUT2D eigenvalue weighted by Gasteiger charge is 2.07. The van der Waals surface area contributed by atoms with Crippen LogP contribution in [0.2, 0.25) is 0 Å². The largest absolute Gasteiger partial charge is 0.381 e. The van der Waals surface area contributed by atoms with Crippen molar-refractivity contribution in [3.63, 3.8) is 0 Å². The molecule has 0 spiro atoms. The highest BCUT2D eigenvalue weighted by molar-refractivity contribution is 4.87. The monoisotopic (exact) mass is 226 g/mol. The van der Waals surface area contributed by atoms with Gasteiger partial charge in [-0.3, -0.25) is 0 Å². The summed E-state index contributed by atoms with van der Waals surface area (Å²) in [5.41, 5.74) is 0. The van der Waals surface area contributed by atoms with E-state index in [1.807, 2.05) is 7.05 Å². The minimum atomic E-state index is -0.0734. The van der Waals surface area contributed by atoms with Gasteiger partial charge in [-0.25, -0.2) is 0 Å². The maximum Gasteiger partial charge on any atom is 0.0972 e. The van der Waals surface area contributed by atoms with Crippen LogP contribution in [-0.2, 0) is 4.74 Å². The van der Waals surface area contributed by atoms with Crippen molar-refractivity contribution < 1.29 is 4.74 Å². The molecule has 0 aliphatic carbocycles. The third-order valence-corrected chi connectivity index (χ3v) is 2.95. The molecule has 0 aromatic rings. The zero-order valence-electron chi connectivity index (χ0n) is 11.0. The number of ether oxygens (including phenoxy) is 1. The molecule has 0 saturated heterocycles. The quantitative estimate of drug-likeness (QED) is 0.583. The van der Waals surface area contributed by atoms with Gasteiger partial charge in [-0.1, -0.05) is 33.1 Å². The van der Waals surface area contributed by atoms with Gasteiger partial charge in [-0.2, -0.15) is 5.26 Å². The molecule has 94 valence electrons. The molecule has 0 fully saturated rings. The minimum Gasteiger partial charge on any atom is -0.381 e. The predicted octanol–water partition coefficient (Wildman–Crippen LogP) is 2.72. The topological polar surface area (TPSA) is 45.0 Å². The molecule has 0 aromatic heterocycles. The van der Waals surface area contributed by atoms with E-state index in [9.17, 15) is 0 Å². The normalized spacial score (nSPS) is 14.4. The first-order valence-electron chi connectivity index (χ1n) is 6.43. The Kier molecular flexibility index (Phi) is 10.5. The molecule has 0 bridgehead atoms. The van der Waals surface area contributed by atoms with Crippen molar-refractivity contribution in [3.8, 4) is 6.07 Å². The van der Waals surface area contributed by atoms with Crippen LogP contribution in [-0.4, -0.2) is 26.3 Å². The van der Waals surface area contributed by atoms with Gasteiger partial charge in [0.15, 0.2) is 0 Å². The van der Waals surface area contributed by atoms with Crippen molar-refractivity contribution >= 4 is 0 Å². The van der Waals surface area contributed by atoms with E-state index in [2.05, 4.69) is 25.2 Å². The first-order valence-corrected chi connectivity index (χ1v) is 6.43. The summed E-state index contributed by atoms with van der Waals surface area (Å²) in [4.78, 5) is 0. The van der Waals surface area contributed by atoms with E-state index in [1.54, 1.807) is 0 Å². The zero-order chi connectivity index (χ0) is 12.2. The molecule has 0 heterocycles. The summed E-state index contributed by atoms with van der Waals surface area (Å²) < 4.78 is 5.63. The number of hydrogen-bond acceptors (Lipinski definition) is 3. The standard InChI is InChI=1S/C13H26N2O/c1-4-6-7-12(5-2)11-16-9-8-13(10-14)15-3/h12-13,15H,4-9,11H2,1-3H3. The van der Waals surface area contributed by atoms with Gasteiger partial charge in [0.05, 0.1) is 12.1 Å². The van der Waals surface area contributed by atoms with Crippen LogP contribution < -0.4 is 5.32 Å². The Bertz CT molecular complexity index is 189. The number of hydrogen-bond donors (Lipinski definition) is 1. The van der Waals surface area contributed by atoms with Gasteiger partial charge in [0.1, 0.15) is 0 Å². The SMILES string of the molecule is CCCCC(CC)COCCC(C#N)NC. The molecule has 0 aliphatic rings. The van der Waals surface area contributed by atoms with Crippen LogP contribution in [0.25, 0.3) is 0 Å². The fraction of sp³-hybridized carbons (Fsp3) is 0.923. The predicted molar refractivity (Wildman–Crippen MR) is 67.2 cm³/mol. The Labute approximate surface area is 100 Å². The average Bonchev–Trinajstić information content (AvgIpc) is 2.33. The van der Waals surface area contributed by atoms with Crippen molar-refractivity contribution in [1.82, 2.24) is 5.32 Å². The summed E-state index contributed by atoms with van der Waals surface area (Å²) >= 11 is 0. The molecule has 0 aliphatic heterocycles. The average molecular weight is 226 g/mol. The Morgan fingerprint density at radius 2 is 2.06 bits per heavy atom. The number of nitrogens with zero attached hydrogens (tertiary/aromatic N) is 1. The van der Waals surface area contributed by atoms with Crippen LogP contribution in [0, 0.1) is 17.2 Å². The lowest BCUT2D eigenvalue weighted by atomic mass is 10.0. The van der Waals surface area contributed by atoms with Crippen LogP contribution in [0.1, 0.15) is 46.0 Å². The van der Waals surface area contributed by atoms with Crippen molar-refractivity contribution in [3.05, 3.63) is 0 Å². The summed E-state index contributed by atoms with van der Waals surface area (Å²) in [7, 11) is 1.81. The van der Waals surface area contributed by atoms with Gasteiger partial charge in [0.25, 0.3) is 0 Å². The Hall–Kier alpha value is -0.590. The highest BCUT2D eigenvalue weighted by atomic mass is 16.5. The summed E-state index contributed by atoms with van der Waals surface area (Å²) in [5.74, 6) is 0.690. The van der Waals surface area contributed by atoms with E-state index in [-0.39, 0.29) is 6.04 Å². The first kappa shape index (κ1) is 15.4. The number of nitrogens with one attached hydrogen (secondary N) is 1. The molecule has 1 N–H and O–H groups in total. The van der Waals surface area contributed by atoms with Gasteiger partial charge >= 0.3 is 0 Å². The van der Waals surface area contributed by atoms with Crippen LogP contribution in [0.15, 0.2) is 0 Å². The summed E-state index contributed by atoms with van der Waals surface area (Å²) in [5, 5.41) is 11.7. The fourth-order valence-electron chi connectivity index (χ4n) is 1.62. The Balaban J connectivity index is 3.51. The van der Waals surface area contributed by atoms with Crippen LogP contribution in [0.4, 0.5) is 0 Å². The molecule has 0 amide bonds. The molecule has 0 radical (unpaired) electrons. The molecule has 0 saturated carbocycles. The molecule has 2 atom stereocenters. The van der Waals surface area contributed by atoms with E-state index < -0.39 is 0 Å². The molecule has 3 heteroatoms. The van der Waals surface area contributed by atoms with E-state index in [4.69, 9.17) is 10.00 Å². The molecular formula is C13H26N2O. The van der Waals surface area contributed by atoms with Crippen LogP contribution in [0.3, 0.4) is 0 Å². The summed E-state index contributed by atoms with van der Waals surface area (Å²) in [6.07, 6.45) is 5.78. The van der Waals surface area contributed by atoms with Crippen molar-refractivity contribution in [2.45, 2.75) is 52.0 Å².